The quantitative estimate of drug-likeness (QED) is 0.685. The number of para-hydroxylation sites is 1. The molecular weight excluding hydrogens is 314 g/mol. The maximum absolute atomic E-state index is 13.1. The van der Waals surface area contributed by atoms with E-state index in [0.29, 0.717) is 11.9 Å². The Hall–Kier alpha value is -2.50. The van der Waals surface area contributed by atoms with Gasteiger partial charge < -0.3 is 4.74 Å². The van der Waals surface area contributed by atoms with Crippen LogP contribution in [0.2, 0.25) is 0 Å². The van der Waals surface area contributed by atoms with E-state index < -0.39 is 0 Å². The summed E-state index contributed by atoms with van der Waals surface area (Å²) in [5, 5.41) is 0.686. The second-order valence-corrected chi connectivity index (χ2v) is 6.63. The molecule has 3 heterocycles. The minimum Gasteiger partial charge on any atom is -0.379 e. The fourth-order valence-electron chi connectivity index (χ4n) is 4.00. The second-order valence-electron chi connectivity index (χ2n) is 6.63. The zero-order chi connectivity index (χ0) is 16.8. The normalized spacial score (nSPS) is 20.2. The molecule has 5 nitrogen and oxygen atoms in total. The van der Waals surface area contributed by atoms with E-state index in [1.165, 1.54) is 11.1 Å². The summed E-state index contributed by atoms with van der Waals surface area (Å²) in [5.41, 5.74) is 3.28. The van der Waals surface area contributed by atoms with Gasteiger partial charge in [-0.15, -0.1) is 0 Å². The summed E-state index contributed by atoms with van der Waals surface area (Å²) in [6.45, 7) is 3.72. The maximum Gasteiger partial charge on any atom is 0.261 e. The van der Waals surface area contributed by atoms with E-state index in [2.05, 4.69) is 23.1 Å². The first-order valence-corrected chi connectivity index (χ1v) is 8.72. The number of hydrogen-bond donors (Lipinski definition) is 0. The lowest BCUT2D eigenvalue weighted by atomic mass is 9.94. The SMILES string of the molecule is O=c1c2ccccc2nc2n1Cc1ccccc1C2N1CCOCC1. The van der Waals surface area contributed by atoms with Gasteiger partial charge in [-0.2, -0.15) is 0 Å². The third-order valence-electron chi connectivity index (χ3n) is 5.22. The van der Waals surface area contributed by atoms with E-state index in [1.54, 1.807) is 0 Å². The summed E-state index contributed by atoms with van der Waals surface area (Å²) in [6, 6.07) is 16.0. The molecule has 0 N–H and O–H groups in total. The van der Waals surface area contributed by atoms with E-state index in [4.69, 9.17) is 9.72 Å². The maximum atomic E-state index is 13.1. The van der Waals surface area contributed by atoms with E-state index in [0.717, 1.165) is 37.6 Å². The van der Waals surface area contributed by atoms with Gasteiger partial charge in [-0.1, -0.05) is 36.4 Å². The van der Waals surface area contributed by atoms with Crippen LogP contribution in [0.25, 0.3) is 10.9 Å². The van der Waals surface area contributed by atoms with Gasteiger partial charge in [0.25, 0.3) is 5.56 Å². The van der Waals surface area contributed by atoms with Crippen LogP contribution in [-0.2, 0) is 11.3 Å². The standard InChI is InChI=1S/C20H19N3O2/c24-20-16-7-3-4-8-17(16)21-19-18(22-9-11-25-12-10-22)15-6-2-1-5-14(15)13-23(19)20/h1-8,18H,9-13H2. The number of ether oxygens (including phenoxy) is 1. The number of benzene rings is 2. The Bertz CT molecular complexity index is 1010. The molecule has 5 rings (SSSR count). The van der Waals surface area contributed by atoms with Crippen LogP contribution in [0.4, 0.5) is 0 Å². The van der Waals surface area contributed by atoms with E-state index in [-0.39, 0.29) is 11.6 Å². The molecule has 0 amide bonds. The fourth-order valence-corrected chi connectivity index (χ4v) is 4.00. The molecule has 5 heteroatoms. The van der Waals surface area contributed by atoms with Crippen LogP contribution >= 0.6 is 0 Å². The first kappa shape index (κ1) is 14.8. The van der Waals surface area contributed by atoms with Crippen molar-refractivity contribution in [1.82, 2.24) is 14.5 Å². The first-order valence-electron chi connectivity index (χ1n) is 8.72. The molecule has 126 valence electrons. The molecule has 1 fully saturated rings. The lowest BCUT2D eigenvalue weighted by molar-refractivity contribution is 0.0207. The molecule has 1 atom stereocenters. The highest BCUT2D eigenvalue weighted by Gasteiger charge is 2.33. The third-order valence-corrected chi connectivity index (χ3v) is 5.22. The molecule has 1 unspecified atom stereocenters. The highest BCUT2D eigenvalue weighted by atomic mass is 16.5. The largest absolute Gasteiger partial charge is 0.379 e. The van der Waals surface area contributed by atoms with Gasteiger partial charge in [0.15, 0.2) is 0 Å². The molecule has 0 spiro atoms. The van der Waals surface area contributed by atoms with Gasteiger partial charge in [0, 0.05) is 13.1 Å². The van der Waals surface area contributed by atoms with Crippen molar-refractivity contribution < 1.29 is 4.74 Å². The van der Waals surface area contributed by atoms with Crippen LogP contribution in [0.1, 0.15) is 23.0 Å². The van der Waals surface area contributed by atoms with Crippen LogP contribution in [0.5, 0.6) is 0 Å². The molecule has 1 saturated heterocycles. The Kier molecular flexibility index (Phi) is 3.43. The van der Waals surface area contributed by atoms with Gasteiger partial charge in [0.1, 0.15) is 5.82 Å². The van der Waals surface area contributed by atoms with E-state index in [9.17, 15) is 4.79 Å². The highest BCUT2D eigenvalue weighted by Crippen LogP contribution is 2.34. The number of rotatable bonds is 1. The predicted octanol–water partition coefficient (Wildman–Crippen LogP) is 2.18. The van der Waals surface area contributed by atoms with Gasteiger partial charge in [0.05, 0.1) is 36.7 Å². The smallest absolute Gasteiger partial charge is 0.261 e. The topological polar surface area (TPSA) is 47.4 Å². The van der Waals surface area contributed by atoms with Gasteiger partial charge >= 0.3 is 0 Å². The number of fused-ring (bicyclic) bond motifs is 3. The fraction of sp³-hybridized carbons (Fsp3) is 0.300. The van der Waals surface area contributed by atoms with Crippen LogP contribution in [-0.4, -0.2) is 40.8 Å². The number of morpholine rings is 1. The average molecular weight is 333 g/mol. The Morgan fingerprint density at radius 3 is 2.64 bits per heavy atom. The van der Waals surface area contributed by atoms with Crippen molar-refractivity contribution >= 4 is 10.9 Å². The first-order chi connectivity index (χ1) is 12.3. The molecular formula is C20H19N3O2. The summed E-state index contributed by atoms with van der Waals surface area (Å²) in [7, 11) is 0. The molecule has 2 aliphatic heterocycles. The van der Waals surface area contributed by atoms with Crippen molar-refractivity contribution in [2.24, 2.45) is 0 Å². The van der Waals surface area contributed by atoms with Crippen molar-refractivity contribution in [2.45, 2.75) is 12.6 Å². The van der Waals surface area contributed by atoms with E-state index in [1.807, 2.05) is 34.9 Å². The monoisotopic (exact) mass is 333 g/mol. The molecule has 2 aromatic carbocycles. The summed E-state index contributed by atoms with van der Waals surface area (Å²) in [4.78, 5) is 20.4. The van der Waals surface area contributed by atoms with Gasteiger partial charge in [0.2, 0.25) is 0 Å². The molecule has 0 radical (unpaired) electrons. The average Bonchev–Trinajstić information content (AvgIpc) is 2.67. The number of nitrogens with zero attached hydrogens (tertiary/aromatic N) is 3. The third kappa shape index (κ3) is 2.31. The van der Waals surface area contributed by atoms with E-state index >= 15 is 0 Å². The van der Waals surface area contributed by atoms with Crippen LogP contribution in [0.3, 0.4) is 0 Å². The zero-order valence-electron chi connectivity index (χ0n) is 13.9. The van der Waals surface area contributed by atoms with Gasteiger partial charge in [-0.05, 0) is 23.3 Å². The molecule has 2 aliphatic rings. The minimum absolute atomic E-state index is 0.00570. The lowest BCUT2D eigenvalue weighted by Crippen LogP contribution is -2.44. The minimum atomic E-state index is 0.00570. The Labute approximate surface area is 145 Å². The van der Waals surface area contributed by atoms with Crippen molar-refractivity contribution in [2.75, 3.05) is 26.3 Å². The van der Waals surface area contributed by atoms with Crippen molar-refractivity contribution in [3.8, 4) is 0 Å². The van der Waals surface area contributed by atoms with Crippen LogP contribution in [0, 0.1) is 0 Å². The summed E-state index contributed by atoms with van der Waals surface area (Å²) in [6.07, 6.45) is 0. The Morgan fingerprint density at radius 2 is 1.76 bits per heavy atom. The zero-order valence-corrected chi connectivity index (χ0v) is 13.9. The lowest BCUT2D eigenvalue weighted by Gasteiger charge is -2.38. The molecule has 25 heavy (non-hydrogen) atoms. The Morgan fingerprint density at radius 1 is 1.00 bits per heavy atom. The van der Waals surface area contributed by atoms with Gasteiger partial charge in [-0.25, -0.2) is 4.98 Å². The predicted molar refractivity (Wildman–Crippen MR) is 95.8 cm³/mol. The van der Waals surface area contributed by atoms with Crippen LogP contribution in [0.15, 0.2) is 53.3 Å². The van der Waals surface area contributed by atoms with Crippen LogP contribution < -0.4 is 5.56 Å². The summed E-state index contributed by atoms with van der Waals surface area (Å²) < 4.78 is 7.38. The molecule has 0 bridgehead atoms. The summed E-state index contributed by atoms with van der Waals surface area (Å²) in [5.74, 6) is 0.851. The molecule has 3 aromatic rings. The number of hydrogen-bond acceptors (Lipinski definition) is 4. The molecule has 0 aliphatic carbocycles. The Balaban J connectivity index is 1.77. The number of aromatic nitrogens is 2. The van der Waals surface area contributed by atoms with Crippen molar-refractivity contribution in [3.05, 3.63) is 75.8 Å². The van der Waals surface area contributed by atoms with Crippen molar-refractivity contribution in [3.63, 3.8) is 0 Å². The summed E-state index contributed by atoms with van der Waals surface area (Å²) >= 11 is 0. The van der Waals surface area contributed by atoms with Gasteiger partial charge in [-0.3, -0.25) is 14.3 Å². The highest BCUT2D eigenvalue weighted by molar-refractivity contribution is 5.77. The van der Waals surface area contributed by atoms with Crippen molar-refractivity contribution in [1.29, 1.82) is 0 Å². The second kappa shape index (κ2) is 5.79. The molecule has 0 saturated carbocycles. The molecule has 1 aromatic heterocycles.